The number of hydrogen-bond donors (Lipinski definition) is 0. The Hall–Kier alpha value is -1.76. The summed E-state index contributed by atoms with van der Waals surface area (Å²) in [5.74, 6) is 0.767. The highest BCUT2D eigenvalue weighted by Crippen LogP contribution is 2.26. The first kappa shape index (κ1) is 19.6. The Morgan fingerprint density at radius 3 is 2.75 bits per heavy atom. The standard InChI is InChI=1S/C22H29N3O2S/c1-24(14-20-15-28-16-23-20)22(26)19-4-2-17(3-5-19)12-18-6-9-25(13-18)21-7-10-27-11-8-21/h2-5,15-16,18,21H,6-14H2,1H3. The van der Waals surface area contributed by atoms with E-state index in [2.05, 4.69) is 22.0 Å². The minimum Gasteiger partial charge on any atom is -0.381 e. The molecule has 1 aromatic carbocycles. The van der Waals surface area contributed by atoms with E-state index in [1.807, 2.05) is 24.6 Å². The maximum absolute atomic E-state index is 12.6. The van der Waals surface area contributed by atoms with E-state index >= 15 is 0 Å². The Morgan fingerprint density at radius 1 is 1.25 bits per heavy atom. The number of benzene rings is 1. The third-order valence-corrected chi connectivity index (χ3v) is 6.61. The molecule has 0 saturated carbocycles. The van der Waals surface area contributed by atoms with Gasteiger partial charge in [0.15, 0.2) is 0 Å². The molecule has 0 N–H and O–H groups in total. The SMILES string of the molecule is CN(Cc1cscn1)C(=O)c1ccc(CC2CCN(C3CCOCC3)C2)cc1. The lowest BCUT2D eigenvalue weighted by Crippen LogP contribution is -2.37. The average molecular weight is 400 g/mol. The molecule has 1 atom stereocenters. The van der Waals surface area contributed by atoms with E-state index in [-0.39, 0.29) is 5.91 Å². The van der Waals surface area contributed by atoms with Crippen molar-refractivity contribution < 1.29 is 9.53 Å². The highest BCUT2D eigenvalue weighted by atomic mass is 32.1. The van der Waals surface area contributed by atoms with Crippen LogP contribution in [0, 0.1) is 5.92 Å². The molecule has 4 rings (SSSR count). The number of rotatable bonds is 6. The number of likely N-dealkylation sites (tertiary alicyclic amines) is 1. The first-order valence-corrected chi connectivity index (χ1v) is 11.2. The van der Waals surface area contributed by atoms with Crippen LogP contribution < -0.4 is 0 Å². The first-order chi connectivity index (χ1) is 13.7. The minimum atomic E-state index is 0.0473. The van der Waals surface area contributed by atoms with Crippen LogP contribution in [0.25, 0.3) is 0 Å². The molecule has 1 unspecified atom stereocenters. The minimum absolute atomic E-state index is 0.0473. The Labute approximate surface area is 171 Å². The molecular formula is C22H29N3O2S. The number of thiazole rings is 1. The van der Waals surface area contributed by atoms with Crippen molar-refractivity contribution in [3.63, 3.8) is 0 Å². The molecule has 2 aliphatic rings. The molecule has 5 nitrogen and oxygen atoms in total. The van der Waals surface area contributed by atoms with Crippen molar-refractivity contribution in [1.29, 1.82) is 0 Å². The second-order valence-electron chi connectivity index (χ2n) is 8.04. The monoisotopic (exact) mass is 399 g/mol. The summed E-state index contributed by atoms with van der Waals surface area (Å²) < 4.78 is 5.50. The van der Waals surface area contributed by atoms with Crippen molar-refractivity contribution in [3.05, 3.63) is 52.0 Å². The summed E-state index contributed by atoms with van der Waals surface area (Å²) in [6, 6.07) is 8.91. The zero-order valence-electron chi connectivity index (χ0n) is 16.5. The third kappa shape index (κ3) is 4.80. The number of carbonyl (C=O) groups excluding carboxylic acids is 1. The lowest BCUT2D eigenvalue weighted by atomic mass is 9.97. The zero-order valence-corrected chi connectivity index (χ0v) is 17.4. The van der Waals surface area contributed by atoms with Crippen molar-refractivity contribution in [3.8, 4) is 0 Å². The van der Waals surface area contributed by atoms with E-state index in [0.29, 0.717) is 12.6 Å². The van der Waals surface area contributed by atoms with Gasteiger partial charge < -0.3 is 9.64 Å². The van der Waals surface area contributed by atoms with Gasteiger partial charge in [0.1, 0.15) is 0 Å². The van der Waals surface area contributed by atoms with Gasteiger partial charge in [0, 0.05) is 43.8 Å². The number of carbonyl (C=O) groups is 1. The van der Waals surface area contributed by atoms with E-state index in [0.717, 1.165) is 36.8 Å². The lowest BCUT2D eigenvalue weighted by molar-refractivity contribution is 0.0411. The van der Waals surface area contributed by atoms with Gasteiger partial charge in [0.05, 0.1) is 17.7 Å². The second kappa shape index (κ2) is 9.16. The van der Waals surface area contributed by atoms with Crippen molar-refractivity contribution >= 4 is 17.2 Å². The molecule has 0 aliphatic carbocycles. The van der Waals surface area contributed by atoms with Crippen LogP contribution in [-0.4, -0.2) is 60.1 Å². The van der Waals surface area contributed by atoms with E-state index in [1.54, 1.807) is 21.7 Å². The summed E-state index contributed by atoms with van der Waals surface area (Å²) in [7, 11) is 1.83. The molecule has 2 saturated heterocycles. The highest BCUT2D eigenvalue weighted by molar-refractivity contribution is 7.07. The van der Waals surface area contributed by atoms with Crippen molar-refractivity contribution in [1.82, 2.24) is 14.8 Å². The molecule has 1 amide bonds. The Balaban J connectivity index is 1.29. The molecular weight excluding hydrogens is 370 g/mol. The van der Waals surface area contributed by atoms with Gasteiger partial charge in [-0.1, -0.05) is 12.1 Å². The molecule has 2 fully saturated rings. The molecule has 2 aromatic rings. The fourth-order valence-electron chi connectivity index (χ4n) is 4.38. The summed E-state index contributed by atoms with van der Waals surface area (Å²) >= 11 is 1.56. The van der Waals surface area contributed by atoms with Gasteiger partial charge in [-0.15, -0.1) is 11.3 Å². The van der Waals surface area contributed by atoms with Crippen molar-refractivity contribution in [2.24, 2.45) is 5.92 Å². The number of aromatic nitrogens is 1. The molecule has 0 spiro atoms. The Kier molecular flexibility index (Phi) is 6.40. The molecule has 3 heterocycles. The maximum Gasteiger partial charge on any atom is 0.253 e. The van der Waals surface area contributed by atoms with E-state index in [9.17, 15) is 4.79 Å². The van der Waals surface area contributed by atoms with Gasteiger partial charge in [-0.2, -0.15) is 0 Å². The Morgan fingerprint density at radius 2 is 2.04 bits per heavy atom. The van der Waals surface area contributed by atoms with Crippen LogP contribution in [0.5, 0.6) is 0 Å². The van der Waals surface area contributed by atoms with Crippen LogP contribution in [0.15, 0.2) is 35.2 Å². The quantitative estimate of drug-likeness (QED) is 0.746. The van der Waals surface area contributed by atoms with Gasteiger partial charge in [0.2, 0.25) is 0 Å². The van der Waals surface area contributed by atoms with Gasteiger partial charge in [-0.3, -0.25) is 9.69 Å². The third-order valence-electron chi connectivity index (χ3n) is 5.98. The van der Waals surface area contributed by atoms with E-state index < -0.39 is 0 Å². The van der Waals surface area contributed by atoms with Crippen LogP contribution in [0.3, 0.4) is 0 Å². The van der Waals surface area contributed by atoms with Crippen molar-refractivity contribution in [2.75, 3.05) is 33.4 Å². The summed E-state index contributed by atoms with van der Waals surface area (Å²) in [5, 5.41) is 1.98. The fourth-order valence-corrected chi connectivity index (χ4v) is 4.93. The molecule has 1 aromatic heterocycles. The summed E-state index contributed by atoms with van der Waals surface area (Å²) in [6.45, 7) is 4.79. The fraction of sp³-hybridized carbons (Fsp3) is 0.545. The smallest absolute Gasteiger partial charge is 0.253 e. The largest absolute Gasteiger partial charge is 0.381 e. The van der Waals surface area contributed by atoms with Crippen LogP contribution in [-0.2, 0) is 17.7 Å². The van der Waals surface area contributed by atoms with Gasteiger partial charge >= 0.3 is 0 Å². The number of amides is 1. The van der Waals surface area contributed by atoms with Crippen LogP contribution in [0.2, 0.25) is 0 Å². The van der Waals surface area contributed by atoms with Crippen LogP contribution in [0.1, 0.15) is 40.9 Å². The predicted octanol–water partition coefficient (Wildman–Crippen LogP) is 3.46. The first-order valence-electron chi connectivity index (χ1n) is 10.2. The number of nitrogens with zero attached hydrogens (tertiary/aromatic N) is 3. The van der Waals surface area contributed by atoms with E-state index in [4.69, 9.17) is 4.74 Å². The summed E-state index contributed by atoms with van der Waals surface area (Å²) in [4.78, 5) is 21.3. The van der Waals surface area contributed by atoms with Crippen molar-refractivity contribution in [2.45, 2.75) is 38.3 Å². The van der Waals surface area contributed by atoms with Gasteiger partial charge in [-0.25, -0.2) is 4.98 Å². The normalized spacial score (nSPS) is 21.1. The predicted molar refractivity (Wildman–Crippen MR) is 112 cm³/mol. The zero-order chi connectivity index (χ0) is 19.3. The Bertz CT molecular complexity index is 757. The molecule has 150 valence electrons. The molecule has 0 bridgehead atoms. The molecule has 0 radical (unpaired) electrons. The number of hydrogen-bond acceptors (Lipinski definition) is 5. The molecule has 28 heavy (non-hydrogen) atoms. The number of ether oxygens (including phenoxy) is 1. The second-order valence-corrected chi connectivity index (χ2v) is 8.75. The average Bonchev–Trinajstić information content (AvgIpc) is 3.41. The van der Waals surface area contributed by atoms with E-state index in [1.165, 1.54) is 37.9 Å². The highest BCUT2D eigenvalue weighted by Gasteiger charge is 2.29. The molecule has 6 heteroatoms. The summed E-state index contributed by atoms with van der Waals surface area (Å²) in [6.07, 6.45) is 4.73. The van der Waals surface area contributed by atoms with Gasteiger partial charge in [-0.05, 0) is 55.8 Å². The molecule has 2 aliphatic heterocycles. The maximum atomic E-state index is 12.6. The van der Waals surface area contributed by atoms with Gasteiger partial charge in [0.25, 0.3) is 5.91 Å². The van der Waals surface area contributed by atoms with Crippen LogP contribution in [0.4, 0.5) is 0 Å². The lowest BCUT2D eigenvalue weighted by Gasteiger charge is -2.31. The van der Waals surface area contributed by atoms with Crippen LogP contribution >= 0.6 is 11.3 Å². The summed E-state index contributed by atoms with van der Waals surface area (Å²) in [5.41, 5.74) is 4.82. The topological polar surface area (TPSA) is 45.7 Å².